The second kappa shape index (κ2) is 8.62. The molecule has 0 saturated carbocycles. The standard InChI is InChI=1S/C20H20F2O5/c1-11-5-6-12(2)15(9-11)18(23)13(3)26-19(24)14-7-8-16(27-20(21)22)17(10-14)25-4/h5-10,13,20H,1-4H3/t13-/m1/s1. The predicted octanol–water partition coefficient (Wildman–Crippen LogP) is 4.34. The summed E-state index contributed by atoms with van der Waals surface area (Å²) in [7, 11) is 1.26. The third kappa shape index (κ3) is 5.03. The molecule has 1 atom stereocenters. The number of rotatable bonds is 7. The minimum Gasteiger partial charge on any atom is -0.493 e. The van der Waals surface area contributed by atoms with Gasteiger partial charge in [0.25, 0.3) is 0 Å². The molecule has 0 saturated heterocycles. The lowest BCUT2D eigenvalue weighted by Gasteiger charge is -2.15. The Labute approximate surface area is 155 Å². The number of Topliss-reactive ketones (excluding diaryl/α,β-unsaturated/α-hetero) is 1. The van der Waals surface area contributed by atoms with Gasteiger partial charge in [0.1, 0.15) is 0 Å². The fourth-order valence-corrected chi connectivity index (χ4v) is 2.49. The van der Waals surface area contributed by atoms with Gasteiger partial charge in [0.05, 0.1) is 12.7 Å². The van der Waals surface area contributed by atoms with Crippen LogP contribution in [-0.2, 0) is 4.74 Å². The number of alkyl halides is 2. The first-order valence-corrected chi connectivity index (χ1v) is 8.18. The smallest absolute Gasteiger partial charge is 0.387 e. The summed E-state index contributed by atoms with van der Waals surface area (Å²) in [6.07, 6.45) is -1.01. The Kier molecular flexibility index (Phi) is 6.50. The SMILES string of the molecule is COc1cc(C(=O)O[C@H](C)C(=O)c2cc(C)ccc2C)ccc1OC(F)F. The van der Waals surface area contributed by atoms with E-state index in [1.165, 1.54) is 32.2 Å². The van der Waals surface area contributed by atoms with Crippen molar-refractivity contribution in [1.82, 2.24) is 0 Å². The van der Waals surface area contributed by atoms with Crippen LogP contribution in [0.3, 0.4) is 0 Å². The molecule has 0 aliphatic rings. The molecule has 0 aliphatic heterocycles. The molecule has 0 spiro atoms. The molecule has 7 heteroatoms. The quantitative estimate of drug-likeness (QED) is 0.530. The Morgan fingerprint density at radius 1 is 1.00 bits per heavy atom. The van der Waals surface area contributed by atoms with Gasteiger partial charge in [-0.1, -0.05) is 17.7 Å². The lowest BCUT2D eigenvalue weighted by Crippen LogP contribution is -2.25. The zero-order chi connectivity index (χ0) is 20.1. The van der Waals surface area contributed by atoms with Crippen LogP contribution in [0.15, 0.2) is 36.4 Å². The number of hydrogen-bond acceptors (Lipinski definition) is 5. The highest BCUT2D eigenvalue weighted by molar-refractivity contribution is 6.02. The van der Waals surface area contributed by atoms with Crippen LogP contribution >= 0.6 is 0 Å². The summed E-state index contributed by atoms with van der Waals surface area (Å²) < 4.78 is 39.2. The molecular weight excluding hydrogens is 358 g/mol. The molecule has 2 rings (SSSR count). The maximum absolute atomic E-state index is 12.6. The molecule has 5 nitrogen and oxygen atoms in total. The van der Waals surface area contributed by atoms with Gasteiger partial charge in [0.15, 0.2) is 17.6 Å². The fourth-order valence-electron chi connectivity index (χ4n) is 2.49. The van der Waals surface area contributed by atoms with E-state index in [0.29, 0.717) is 5.56 Å². The van der Waals surface area contributed by atoms with E-state index in [0.717, 1.165) is 11.1 Å². The predicted molar refractivity (Wildman–Crippen MR) is 94.8 cm³/mol. The van der Waals surface area contributed by atoms with Crippen LogP contribution in [0.25, 0.3) is 0 Å². The van der Waals surface area contributed by atoms with Crippen LogP contribution in [0.1, 0.15) is 38.8 Å². The zero-order valence-corrected chi connectivity index (χ0v) is 15.4. The summed E-state index contributed by atoms with van der Waals surface area (Å²) in [6, 6.07) is 9.11. The maximum atomic E-state index is 12.6. The van der Waals surface area contributed by atoms with Crippen molar-refractivity contribution in [2.75, 3.05) is 7.11 Å². The molecule has 2 aromatic rings. The molecule has 144 valence electrons. The van der Waals surface area contributed by atoms with Gasteiger partial charge in [-0.05, 0) is 50.6 Å². The largest absolute Gasteiger partial charge is 0.493 e. The number of halogens is 2. The summed E-state index contributed by atoms with van der Waals surface area (Å²) in [4.78, 5) is 24.9. The summed E-state index contributed by atoms with van der Waals surface area (Å²) in [6.45, 7) is 2.12. The molecule has 27 heavy (non-hydrogen) atoms. The van der Waals surface area contributed by atoms with E-state index in [2.05, 4.69) is 4.74 Å². The summed E-state index contributed by atoms with van der Waals surface area (Å²) in [5.41, 5.74) is 2.23. The topological polar surface area (TPSA) is 61.8 Å². The van der Waals surface area contributed by atoms with Crippen molar-refractivity contribution >= 4 is 11.8 Å². The van der Waals surface area contributed by atoms with E-state index in [1.807, 2.05) is 19.1 Å². The molecule has 0 radical (unpaired) electrons. The number of methoxy groups -OCH3 is 1. The summed E-state index contributed by atoms with van der Waals surface area (Å²) >= 11 is 0. The molecule has 0 bridgehead atoms. The highest BCUT2D eigenvalue weighted by Crippen LogP contribution is 2.30. The van der Waals surface area contributed by atoms with Gasteiger partial charge in [0.2, 0.25) is 5.78 Å². The summed E-state index contributed by atoms with van der Waals surface area (Å²) in [5, 5.41) is 0. The minimum absolute atomic E-state index is 0.0433. The molecule has 2 aromatic carbocycles. The van der Waals surface area contributed by atoms with E-state index in [4.69, 9.17) is 9.47 Å². The zero-order valence-electron chi connectivity index (χ0n) is 15.4. The van der Waals surface area contributed by atoms with Gasteiger partial charge >= 0.3 is 12.6 Å². The third-order valence-corrected chi connectivity index (χ3v) is 3.93. The Hall–Kier alpha value is -2.96. The highest BCUT2D eigenvalue weighted by Gasteiger charge is 2.23. The Balaban J connectivity index is 2.16. The van der Waals surface area contributed by atoms with Gasteiger partial charge < -0.3 is 14.2 Å². The van der Waals surface area contributed by atoms with Crippen LogP contribution in [0, 0.1) is 13.8 Å². The number of esters is 1. The normalized spacial score (nSPS) is 11.8. The molecule has 0 aliphatic carbocycles. The van der Waals surface area contributed by atoms with Crippen LogP contribution in [0.2, 0.25) is 0 Å². The second-order valence-electron chi connectivity index (χ2n) is 5.97. The van der Waals surface area contributed by atoms with Crippen LogP contribution < -0.4 is 9.47 Å². The molecule has 0 fully saturated rings. The first-order chi connectivity index (χ1) is 12.7. The average molecular weight is 378 g/mol. The molecule has 0 heterocycles. The van der Waals surface area contributed by atoms with Gasteiger partial charge in [-0.15, -0.1) is 0 Å². The number of aryl methyl sites for hydroxylation is 2. The van der Waals surface area contributed by atoms with E-state index in [-0.39, 0.29) is 22.8 Å². The minimum atomic E-state index is -3.02. The van der Waals surface area contributed by atoms with Crippen molar-refractivity contribution in [3.8, 4) is 11.5 Å². The monoisotopic (exact) mass is 378 g/mol. The van der Waals surface area contributed by atoms with Crippen LogP contribution in [0.5, 0.6) is 11.5 Å². The van der Waals surface area contributed by atoms with E-state index in [9.17, 15) is 18.4 Å². The van der Waals surface area contributed by atoms with Gasteiger partial charge in [-0.25, -0.2) is 4.79 Å². The van der Waals surface area contributed by atoms with E-state index in [1.54, 1.807) is 13.0 Å². The lowest BCUT2D eigenvalue weighted by atomic mass is 9.99. The van der Waals surface area contributed by atoms with Crippen molar-refractivity contribution in [2.24, 2.45) is 0 Å². The highest BCUT2D eigenvalue weighted by atomic mass is 19.3. The summed E-state index contributed by atoms with van der Waals surface area (Å²) in [5.74, 6) is -1.35. The Bertz CT molecular complexity index is 848. The maximum Gasteiger partial charge on any atom is 0.387 e. The molecule has 0 unspecified atom stereocenters. The molecule has 0 aromatic heterocycles. The van der Waals surface area contributed by atoms with Crippen molar-refractivity contribution < 1.29 is 32.6 Å². The van der Waals surface area contributed by atoms with Crippen LogP contribution in [0.4, 0.5) is 8.78 Å². The van der Waals surface area contributed by atoms with Gasteiger partial charge in [0, 0.05) is 5.56 Å². The van der Waals surface area contributed by atoms with Gasteiger partial charge in [-0.2, -0.15) is 8.78 Å². The third-order valence-electron chi connectivity index (χ3n) is 3.93. The molecular formula is C20H20F2O5. The van der Waals surface area contributed by atoms with Crippen molar-refractivity contribution in [3.05, 3.63) is 58.7 Å². The Morgan fingerprint density at radius 2 is 1.70 bits per heavy atom. The van der Waals surface area contributed by atoms with E-state index < -0.39 is 18.7 Å². The van der Waals surface area contributed by atoms with Crippen LogP contribution in [-0.4, -0.2) is 31.6 Å². The van der Waals surface area contributed by atoms with Crippen molar-refractivity contribution in [3.63, 3.8) is 0 Å². The van der Waals surface area contributed by atoms with Gasteiger partial charge in [-0.3, -0.25) is 4.79 Å². The number of ether oxygens (including phenoxy) is 3. The van der Waals surface area contributed by atoms with E-state index >= 15 is 0 Å². The van der Waals surface area contributed by atoms with Crippen molar-refractivity contribution in [1.29, 1.82) is 0 Å². The number of carbonyl (C=O) groups is 2. The molecule has 0 N–H and O–H groups in total. The first kappa shape index (κ1) is 20.4. The number of hydrogen-bond donors (Lipinski definition) is 0. The average Bonchev–Trinajstić information content (AvgIpc) is 2.62. The first-order valence-electron chi connectivity index (χ1n) is 8.18. The molecule has 0 amide bonds. The second-order valence-corrected chi connectivity index (χ2v) is 5.97. The fraction of sp³-hybridized carbons (Fsp3) is 0.300. The lowest BCUT2D eigenvalue weighted by molar-refractivity contribution is -0.0512. The van der Waals surface area contributed by atoms with Crippen molar-refractivity contribution in [2.45, 2.75) is 33.5 Å². The Morgan fingerprint density at radius 3 is 2.33 bits per heavy atom. The number of ketones is 1. The number of carbonyl (C=O) groups excluding carboxylic acids is 2. The number of benzene rings is 2.